The van der Waals surface area contributed by atoms with Gasteiger partial charge in [0.1, 0.15) is 25.8 Å². The molecule has 3 atom stereocenters. The van der Waals surface area contributed by atoms with Crippen molar-refractivity contribution in [3.05, 3.63) is 73.1 Å². The molecule has 8 N–H and O–H groups in total. The number of carbonyl (C=O) groups excluding carboxylic acids is 5. The van der Waals surface area contributed by atoms with Gasteiger partial charge in [-0.1, -0.05) is 36.2 Å². The highest BCUT2D eigenvalue weighted by atomic mass is 32.2. The number of nitrogens with zero attached hydrogens (tertiary/aromatic N) is 3. The molecule has 3 aromatic rings. The zero-order valence-electron chi connectivity index (χ0n) is 41.4. The smallest absolute Gasteiger partial charge is 0.315 e. The molecule has 1 aromatic heterocycles. The highest BCUT2D eigenvalue weighted by molar-refractivity contribution is 8.00. The van der Waals surface area contributed by atoms with E-state index < -0.39 is 0 Å². The molecule has 2 saturated heterocycles. The zero-order valence-corrected chi connectivity index (χ0v) is 42.3. The number of likely N-dealkylation sites (N-methyl/N-ethyl adjacent to an activating group) is 1. The number of rotatable bonds is 36. The van der Waals surface area contributed by atoms with Gasteiger partial charge in [-0.3, -0.25) is 19.2 Å². The van der Waals surface area contributed by atoms with Crippen molar-refractivity contribution in [2.24, 2.45) is 0 Å². The van der Waals surface area contributed by atoms with Crippen LogP contribution in [0.25, 0.3) is 0 Å². The summed E-state index contributed by atoms with van der Waals surface area (Å²) < 4.78 is 16.7. The van der Waals surface area contributed by atoms with Crippen molar-refractivity contribution in [2.75, 3.05) is 101 Å². The molecule has 2 fully saturated rings. The van der Waals surface area contributed by atoms with Gasteiger partial charge in [0.15, 0.2) is 0 Å². The number of nitrogens with one attached hydrogen (secondary N) is 8. The average Bonchev–Trinajstić information content (AvgIpc) is 3.90. The normalized spacial score (nSPS) is 16.0. The van der Waals surface area contributed by atoms with Crippen LogP contribution in [-0.2, 0) is 33.4 Å². The number of urea groups is 1. The Hall–Kier alpha value is -5.74. The summed E-state index contributed by atoms with van der Waals surface area (Å²) >= 11 is 1.90. The largest absolute Gasteiger partial charge is 0.379 e. The SMILES string of the molecule is Bc1cccc(Nc2cc(Nc3cccc(NC(=O)/C=C/CN(C)CCCCNC(=O)CCCC(=O)NCCCOCCOCCOCCCNC(=O)CCCC[C@@H]4SC[C@@H]5NC(=O)N[C@@H]54)c3)ncn2)c1. The van der Waals surface area contributed by atoms with Crippen LogP contribution < -0.4 is 48.0 Å². The molecule has 0 saturated carbocycles. The zero-order chi connectivity index (χ0) is 50.3. The molecule has 0 unspecified atom stereocenters. The third-order valence-corrected chi connectivity index (χ3v) is 13.1. The molecule has 0 radical (unpaired) electrons. The second kappa shape index (κ2) is 33.0. The Kier molecular flexibility index (Phi) is 26.1. The first-order valence-corrected chi connectivity index (χ1v) is 26.1. The average molecular weight is 1000 g/mol. The van der Waals surface area contributed by atoms with Crippen molar-refractivity contribution in [1.29, 1.82) is 0 Å². The number of benzene rings is 2. The van der Waals surface area contributed by atoms with Crippen molar-refractivity contribution in [3.8, 4) is 0 Å². The Morgan fingerprint density at radius 1 is 0.718 bits per heavy atom. The van der Waals surface area contributed by atoms with Gasteiger partial charge in [-0.15, -0.1) is 0 Å². The van der Waals surface area contributed by atoms with Gasteiger partial charge in [0.25, 0.3) is 0 Å². The van der Waals surface area contributed by atoms with Gasteiger partial charge < -0.3 is 61.6 Å². The number of thioether (sulfide) groups is 1. The van der Waals surface area contributed by atoms with Gasteiger partial charge in [0, 0.05) is 98.9 Å². The molecule has 21 heteroatoms. The van der Waals surface area contributed by atoms with Crippen molar-refractivity contribution >= 4 is 83.4 Å². The summed E-state index contributed by atoms with van der Waals surface area (Å²) in [4.78, 5) is 71.5. The van der Waals surface area contributed by atoms with Crippen LogP contribution in [-0.4, -0.2) is 155 Å². The number of amides is 6. The number of carbonyl (C=O) groups is 5. The van der Waals surface area contributed by atoms with Crippen molar-refractivity contribution in [1.82, 2.24) is 41.5 Å². The van der Waals surface area contributed by atoms with Crippen LogP contribution in [0.1, 0.15) is 70.6 Å². The number of hydrogen-bond acceptors (Lipinski definition) is 14. The fourth-order valence-corrected chi connectivity index (χ4v) is 9.38. The molecule has 0 spiro atoms. The topological polar surface area (TPSA) is 238 Å². The van der Waals surface area contributed by atoms with Gasteiger partial charge in [0.2, 0.25) is 23.6 Å². The maximum absolute atomic E-state index is 12.6. The molecule has 2 aliphatic rings. The summed E-state index contributed by atoms with van der Waals surface area (Å²) in [5, 5.41) is 24.6. The molecule has 3 heterocycles. The number of anilines is 5. The summed E-state index contributed by atoms with van der Waals surface area (Å²) in [6, 6.07) is 17.6. The predicted octanol–water partition coefficient (Wildman–Crippen LogP) is 3.50. The summed E-state index contributed by atoms with van der Waals surface area (Å²) in [7, 11) is 4.02. The molecule has 2 aliphatic heterocycles. The van der Waals surface area contributed by atoms with Gasteiger partial charge >= 0.3 is 6.03 Å². The van der Waals surface area contributed by atoms with E-state index in [2.05, 4.69) is 57.4 Å². The Morgan fingerprint density at radius 3 is 1.97 bits per heavy atom. The molecule has 0 bridgehead atoms. The van der Waals surface area contributed by atoms with Crippen molar-refractivity contribution in [3.63, 3.8) is 0 Å². The second-order valence-electron chi connectivity index (χ2n) is 17.7. The van der Waals surface area contributed by atoms with E-state index in [0.29, 0.717) is 120 Å². The maximum Gasteiger partial charge on any atom is 0.315 e. The van der Waals surface area contributed by atoms with E-state index in [0.717, 1.165) is 67.7 Å². The maximum atomic E-state index is 12.6. The van der Waals surface area contributed by atoms with E-state index in [1.54, 1.807) is 0 Å². The lowest BCUT2D eigenvalue weighted by Crippen LogP contribution is -2.36. The summed E-state index contributed by atoms with van der Waals surface area (Å²) in [5.74, 6) is 1.92. The van der Waals surface area contributed by atoms with Crippen LogP contribution in [0.2, 0.25) is 0 Å². The first-order valence-electron chi connectivity index (χ1n) is 25.0. The molecule has 71 heavy (non-hydrogen) atoms. The van der Waals surface area contributed by atoms with E-state index in [-0.39, 0.29) is 41.7 Å². The Bertz CT molecular complexity index is 2140. The van der Waals surface area contributed by atoms with Gasteiger partial charge in [-0.05, 0) is 88.9 Å². The van der Waals surface area contributed by atoms with E-state index in [4.69, 9.17) is 14.2 Å². The molecular formula is C50H74BN11O8S. The quantitative estimate of drug-likeness (QED) is 0.0180. The van der Waals surface area contributed by atoms with Crippen LogP contribution in [0.5, 0.6) is 0 Å². The minimum absolute atomic E-state index is 0.0603. The van der Waals surface area contributed by atoms with Crippen LogP contribution in [0, 0.1) is 0 Å². The second-order valence-corrected chi connectivity index (χ2v) is 18.9. The van der Waals surface area contributed by atoms with E-state index in [1.165, 1.54) is 12.4 Å². The van der Waals surface area contributed by atoms with Crippen molar-refractivity contribution in [2.45, 2.75) is 88.0 Å². The first-order chi connectivity index (χ1) is 34.6. The minimum Gasteiger partial charge on any atom is -0.379 e. The van der Waals surface area contributed by atoms with Crippen LogP contribution in [0.15, 0.2) is 73.1 Å². The number of unbranched alkanes of at least 4 members (excludes halogenated alkanes) is 2. The summed E-state index contributed by atoms with van der Waals surface area (Å²) in [6.45, 7) is 5.98. The lowest BCUT2D eigenvalue weighted by Gasteiger charge is -2.16. The van der Waals surface area contributed by atoms with Crippen LogP contribution in [0.4, 0.5) is 33.5 Å². The Labute approximate surface area is 423 Å². The minimum atomic E-state index is -0.227. The lowest BCUT2D eigenvalue weighted by atomic mass is 9.96. The molecule has 6 amide bonds. The summed E-state index contributed by atoms with van der Waals surface area (Å²) in [6.07, 6.45) is 12.4. The highest BCUT2D eigenvalue weighted by Crippen LogP contribution is 2.33. The molecular weight excluding hydrogens is 925 g/mol. The Morgan fingerprint density at radius 2 is 1.31 bits per heavy atom. The molecule has 2 aromatic carbocycles. The number of hydrogen-bond donors (Lipinski definition) is 8. The third kappa shape index (κ3) is 23.8. The fraction of sp³-hybridized carbons (Fsp3) is 0.540. The number of ether oxygens (including phenoxy) is 3. The molecule has 386 valence electrons. The standard InChI is InChI=1S/C50H74BN11O8S/c1-62(25-9-20-48(66)59-40-15-7-14-39(33-40)58-44-34-43(55-36-56-44)57-38-13-6-12-37(51)32-38)24-5-4-21-52-46(64)18-8-19-47(65)54-23-11-27-69-29-31-70-30-28-68-26-10-22-53-45(63)17-3-2-16-42-49-41(35-71-42)60-50(67)61-49/h6-7,9,12-15,20,32-34,36,41-42,49H,2-5,8,10-11,16-19,21-31,35,51H2,1H3,(H,52,64)(H,53,63)(H,54,65)(H,59,66)(H2,60,61,67)(H2,55,56,57,58)/b20-9+/t41-,42-,49-/m0/s1. The fourth-order valence-electron chi connectivity index (χ4n) is 7.83. The van der Waals surface area contributed by atoms with Crippen molar-refractivity contribution < 1.29 is 38.2 Å². The lowest BCUT2D eigenvalue weighted by molar-refractivity contribution is -0.123. The van der Waals surface area contributed by atoms with Gasteiger partial charge in [-0.2, -0.15) is 11.8 Å². The highest BCUT2D eigenvalue weighted by Gasteiger charge is 2.42. The monoisotopic (exact) mass is 1000 g/mol. The number of aromatic nitrogens is 2. The Balaban J connectivity index is 0.747. The first kappa shape index (κ1) is 56.2. The third-order valence-electron chi connectivity index (χ3n) is 11.5. The molecule has 0 aliphatic carbocycles. The van der Waals surface area contributed by atoms with E-state index in [1.807, 2.05) is 87.3 Å². The van der Waals surface area contributed by atoms with Gasteiger partial charge in [0.05, 0.1) is 38.5 Å². The van der Waals surface area contributed by atoms with Crippen LogP contribution >= 0.6 is 11.8 Å². The van der Waals surface area contributed by atoms with Crippen LogP contribution in [0.3, 0.4) is 0 Å². The predicted molar refractivity (Wildman–Crippen MR) is 283 cm³/mol. The molecule has 5 rings (SSSR count). The van der Waals surface area contributed by atoms with Gasteiger partial charge in [-0.25, -0.2) is 14.8 Å². The molecule has 19 nitrogen and oxygen atoms in total. The summed E-state index contributed by atoms with van der Waals surface area (Å²) in [5.41, 5.74) is 3.50. The van der Waals surface area contributed by atoms with E-state index in [9.17, 15) is 24.0 Å². The number of fused-ring (bicyclic) bond motifs is 1. The van der Waals surface area contributed by atoms with E-state index >= 15 is 0 Å².